The topological polar surface area (TPSA) is 53.9 Å². The molecule has 1 atom stereocenters. The van der Waals surface area contributed by atoms with Gasteiger partial charge in [-0.3, -0.25) is 9.59 Å². The van der Waals surface area contributed by atoms with E-state index in [-0.39, 0.29) is 11.8 Å². The molecule has 0 heterocycles. The van der Waals surface area contributed by atoms with Crippen LogP contribution in [0.4, 0.5) is 5.69 Å². The van der Waals surface area contributed by atoms with Gasteiger partial charge in [0, 0.05) is 35.4 Å². The van der Waals surface area contributed by atoms with E-state index in [1.165, 1.54) is 10.5 Å². The summed E-state index contributed by atoms with van der Waals surface area (Å²) in [5, 5.41) is 2.87. The van der Waals surface area contributed by atoms with Crippen LogP contribution in [0.25, 0.3) is 0 Å². The van der Waals surface area contributed by atoms with Crippen LogP contribution in [-0.2, 0) is 11.3 Å². The van der Waals surface area contributed by atoms with Gasteiger partial charge in [-0.25, -0.2) is 0 Å². The minimum atomic E-state index is -0.0587. The standard InChI is InChI=1S/C19H22BrN3O2/c1-22(2)19(25)15-6-10-17(11-7-15)21-18(24)13-23(3)12-14-4-8-16(20)9-5-14/h4-11H,12-13H2,1-3H3,(H,21,24)/p+1. The van der Waals surface area contributed by atoms with Crippen LogP contribution in [0.1, 0.15) is 15.9 Å². The molecule has 0 aliphatic carbocycles. The fourth-order valence-electron chi connectivity index (χ4n) is 2.45. The van der Waals surface area contributed by atoms with Crippen LogP contribution in [-0.4, -0.2) is 44.4 Å². The van der Waals surface area contributed by atoms with Gasteiger partial charge in [0.2, 0.25) is 0 Å². The average molecular weight is 405 g/mol. The van der Waals surface area contributed by atoms with Crippen molar-refractivity contribution in [3.05, 3.63) is 64.1 Å². The van der Waals surface area contributed by atoms with Crippen molar-refractivity contribution in [2.45, 2.75) is 6.54 Å². The van der Waals surface area contributed by atoms with Crippen molar-refractivity contribution >= 4 is 33.4 Å². The zero-order valence-corrected chi connectivity index (χ0v) is 16.3. The second kappa shape index (κ2) is 8.78. The quantitative estimate of drug-likeness (QED) is 0.771. The summed E-state index contributed by atoms with van der Waals surface area (Å²) in [5.74, 6) is -0.113. The first-order valence-electron chi connectivity index (χ1n) is 8.02. The number of nitrogens with one attached hydrogen (secondary N) is 2. The number of anilines is 1. The first kappa shape index (κ1) is 19.1. The third-order valence-electron chi connectivity index (χ3n) is 3.70. The first-order chi connectivity index (χ1) is 11.8. The van der Waals surface area contributed by atoms with Gasteiger partial charge in [0.25, 0.3) is 11.8 Å². The summed E-state index contributed by atoms with van der Waals surface area (Å²) in [7, 11) is 5.41. The molecule has 0 bridgehead atoms. The molecule has 2 amide bonds. The molecule has 5 nitrogen and oxygen atoms in total. The van der Waals surface area contributed by atoms with Gasteiger partial charge < -0.3 is 15.1 Å². The number of carbonyl (C=O) groups excluding carboxylic acids is 2. The highest BCUT2D eigenvalue weighted by Gasteiger charge is 2.12. The predicted molar refractivity (Wildman–Crippen MR) is 103 cm³/mol. The van der Waals surface area contributed by atoms with Crippen LogP contribution < -0.4 is 10.2 Å². The zero-order valence-electron chi connectivity index (χ0n) is 14.7. The molecule has 25 heavy (non-hydrogen) atoms. The summed E-state index contributed by atoms with van der Waals surface area (Å²) >= 11 is 3.42. The van der Waals surface area contributed by atoms with Crippen molar-refractivity contribution in [1.82, 2.24) is 4.90 Å². The maximum absolute atomic E-state index is 12.2. The second-order valence-electron chi connectivity index (χ2n) is 6.26. The Morgan fingerprint density at radius 3 is 2.20 bits per heavy atom. The summed E-state index contributed by atoms with van der Waals surface area (Å²) in [4.78, 5) is 26.6. The number of hydrogen-bond acceptors (Lipinski definition) is 2. The largest absolute Gasteiger partial charge is 0.345 e. The van der Waals surface area contributed by atoms with Crippen molar-refractivity contribution in [3.63, 3.8) is 0 Å². The van der Waals surface area contributed by atoms with E-state index in [1.807, 2.05) is 31.3 Å². The Kier molecular flexibility index (Phi) is 6.73. The van der Waals surface area contributed by atoms with Gasteiger partial charge in [-0.15, -0.1) is 0 Å². The summed E-state index contributed by atoms with van der Waals surface area (Å²) in [6.45, 7) is 1.14. The van der Waals surface area contributed by atoms with Crippen LogP contribution in [0.15, 0.2) is 53.0 Å². The first-order valence-corrected chi connectivity index (χ1v) is 8.82. The highest BCUT2D eigenvalue weighted by molar-refractivity contribution is 9.10. The molecule has 0 saturated heterocycles. The molecule has 6 heteroatoms. The molecule has 0 saturated carbocycles. The number of rotatable bonds is 6. The molecule has 2 N–H and O–H groups in total. The van der Waals surface area contributed by atoms with E-state index in [1.54, 1.807) is 38.4 Å². The number of amides is 2. The maximum atomic E-state index is 12.2. The minimum Gasteiger partial charge on any atom is -0.345 e. The highest BCUT2D eigenvalue weighted by Crippen LogP contribution is 2.11. The number of halogens is 1. The van der Waals surface area contributed by atoms with Gasteiger partial charge in [-0.2, -0.15) is 0 Å². The molecular formula is C19H23BrN3O2+. The molecule has 132 valence electrons. The number of likely N-dealkylation sites (N-methyl/N-ethyl adjacent to an activating group) is 1. The van der Waals surface area contributed by atoms with Crippen LogP contribution in [0.3, 0.4) is 0 Å². The molecule has 0 aromatic heterocycles. The lowest BCUT2D eigenvalue weighted by Crippen LogP contribution is -3.08. The molecule has 1 unspecified atom stereocenters. The fourth-order valence-corrected chi connectivity index (χ4v) is 2.71. The summed E-state index contributed by atoms with van der Waals surface area (Å²) < 4.78 is 1.04. The average Bonchev–Trinajstić information content (AvgIpc) is 2.56. The van der Waals surface area contributed by atoms with E-state index in [4.69, 9.17) is 0 Å². The molecule has 0 fully saturated rings. The Bertz CT molecular complexity index is 727. The summed E-state index contributed by atoms with van der Waals surface area (Å²) in [5.41, 5.74) is 2.47. The second-order valence-corrected chi connectivity index (χ2v) is 7.18. The van der Waals surface area contributed by atoms with Crippen molar-refractivity contribution in [3.8, 4) is 0 Å². The number of quaternary nitrogens is 1. The van der Waals surface area contributed by atoms with Crippen LogP contribution in [0.2, 0.25) is 0 Å². The normalized spacial score (nSPS) is 11.7. The fraction of sp³-hybridized carbons (Fsp3) is 0.263. The number of carbonyl (C=O) groups is 2. The van der Waals surface area contributed by atoms with Crippen molar-refractivity contribution in [2.24, 2.45) is 0 Å². The minimum absolute atomic E-state index is 0.0544. The van der Waals surface area contributed by atoms with Gasteiger partial charge in [-0.1, -0.05) is 28.1 Å². The maximum Gasteiger partial charge on any atom is 0.279 e. The molecule has 0 aliphatic rings. The van der Waals surface area contributed by atoms with Gasteiger partial charge in [0.1, 0.15) is 6.54 Å². The van der Waals surface area contributed by atoms with Crippen LogP contribution >= 0.6 is 15.9 Å². The molecule has 0 spiro atoms. The smallest absolute Gasteiger partial charge is 0.279 e. The lowest BCUT2D eigenvalue weighted by atomic mass is 10.2. The van der Waals surface area contributed by atoms with Gasteiger partial charge >= 0.3 is 0 Å². The highest BCUT2D eigenvalue weighted by atomic mass is 79.9. The third kappa shape index (κ3) is 5.99. The third-order valence-corrected chi connectivity index (χ3v) is 4.23. The number of benzene rings is 2. The Balaban J connectivity index is 1.87. The van der Waals surface area contributed by atoms with Gasteiger partial charge in [0.15, 0.2) is 6.54 Å². The molecule has 2 aromatic carbocycles. The van der Waals surface area contributed by atoms with E-state index in [0.717, 1.165) is 15.9 Å². The number of hydrogen-bond donors (Lipinski definition) is 2. The molecule has 2 aromatic rings. The Morgan fingerprint density at radius 2 is 1.64 bits per heavy atom. The Morgan fingerprint density at radius 1 is 1.04 bits per heavy atom. The number of nitrogens with zero attached hydrogens (tertiary/aromatic N) is 1. The Hall–Kier alpha value is -2.18. The van der Waals surface area contributed by atoms with Gasteiger partial charge in [0.05, 0.1) is 7.05 Å². The zero-order chi connectivity index (χ0) is 18.4. The van der Waals surface area contributed by atoms with E-state index < -0.39 is 0 Å². The SMILES string of the molecule is CN(C)C(=O)c1ccc(NC(=O)C[NH+](C)Cc2ccc(Br)cc2)cc1. The van der Waals surface area contributed by atoms with Crippen molar-refractivity contribution < 1.29 is 14.5 Å². The van der Waals surface area contributed by atoms with Crippen molar-refractivity contribution in [1.29, 1.82) is 0 Å². The lowest BCUT2D eigenvalue weighted by molar-refractivity contribution is -0.885. The van der Waals surface area contributed by atoms with Crippen LogP contribution in [0.5, 0.6) is 0 Å². The monoisotopic (exact) mass is 404 g/mol. The lowest BCUT2D eigenvalue weighted by Gasteiger charge is -2.14. The van der Waals surface area contributed by atoms with E-state index >= 15 is 0 Å². The molecule has 0 radical (unpaired) electrons. The molecule has 2 rings (SSSR count). The van der Waals surface area contributed by atoms with E-state index in [0.29, 0.717) is 17.8 Å². The van der Waals surface area contributed by atoms with E-state index in [2.05, 4.69) is 21.2 Å². The van der Waals surface area contributed by atoms with Crippen LogP contribution in [0, 0.1) is 0 Å². The molecule has 0 aliphatic heterocycles. The molecular weight excluding hydrogens is 382 g/mol. The summed E-state index contributed by atoms with van der Waals surface area (Å²) in [6.07, 6.45) is 0. The van der Waals surface area contributed by atoms with E-state index in [9.17, 15) is 9.59 Å². The van der Waals surface area contributed by atoms with Crippen molar-refractivity contribution in [2.75, 3.05) is 33.0 Å². The predicted octanol–water partition coefficient (Wildman–Crippen LogP) is 1.80. The Labute approximate surface area is 156 Å². The summed E-state index contributed by atoms with van der Waals surface area (Å²) in [6, 6.07) is 15.0. The van der Waals surface area contributed by atoms with Gasteiger partial charge in [-0.05, 0) is 36.4 Å².